The van der Waals surface area contributed by atoms with E-state index in [-0.39, 0.29) is 12.4 Å². The van der Waals surface area contributed by atoms with Crippen LogP contribution in [0.4, 0.5) is 10.6 Å². The molecule has 25 heavy (non-hydrogen) atoms. The lowest BCUT2D eigenvalue weighted by Gasteiger charge is -2.27. The number of allylic oxidation sites excluding steroid dienone is 1. The highest BCUT2D eigenvalue weighted by Crippen LogP contribution is 2.23. The van der Waals surface area contributed by atoms with Crippen LogP contribution in [-0.2, 0) is 16.9 Å². The Morgan fingerprint density at radius 2 is 2.08 bits per heavy atom. The smallest absolute Gasteiger partial charge is 0.327 e. The van der Waals surface area contributed by atoms with Crippen molar-refractivity contribution in [2.75, 3.05) is 5.32 Å². The largest absolute Gasteiger partial charge is 0.480 e. The number of nitrogens with zero attached hydrogens (tertiary/aromatic N) is 3. The number of carboxylic acid groups (broad SMARTS) is 1. The first-order chi connectivity index (χ1) is 11.7. The minimum Gasteiger partial charge on any atom is -0.480 e. The molecule has 0 saturated heterocycles. The van der Waals surface area contributed by atoms with Crippen molar-refractivity contribution in [1.82, 2.24) is 20.3 Å². The number of carbonyl (C=O) groups is 2. The summed E-state index contributed by atoms with van der Waals surface area (Å²) < 4.78 is 0. The van der Waals surface area contributed by atoms with E-state index >= 15 is 0 Å². The Morgan fingerprint density at radius 3 is 2.72 bits per heavy atom. The molecule has 0 spiro atoms. The standard InChI is InChI=1S/C17H21N5O3/c1-11(2)12-6-5-7-13(8-12)17(3,4)20-16(25)19-14-9-18-22(21-14)10-15(23)24/h5-9H,1,10H2,2-4H3,(H,23,24)(H2,19,20,21,25). The molecule has 0 unspecified atom stereocenters. The molecule has 0 radical (unpaired) electrons. The molecule has 3 N–H and O–H groups in total. The zero-order valence-corrected chi connectivity index (χ0v) is 14.4. The minimum atomic E-state index is -1.06. The molecule has 0 fully saturated rings. The molecule has 1 aromatic carbocycles. The topological polar surface area (TPSA) is 109 Å². The van der Waals surface area contributed by atoms with Gasteiger partial charge in [0.1, 0.15) is 0 Å². The molecule has 2 amide bonds. The predicted octanol–water partition coefficient (Wildman–Crippen LogP) is 2.45. The maximum atomic E-state index is 12.2. The molecule has 0 aliphatic heterocycles. The van der Waals surface area contributed by atoms with Crippen molar-refractivity contribution in [3.63, 3.8) is 0 Å². The average Bonchev–Trinajstić information content (AvgIpc) is 2.92. The molecule has 1 heterocycles. The van der Waals surface area contributed by atoms with E-state index in [0.29, 0.717) is 0 Å². The van der Waals surface area contributed by atoms with Crippen LogP contribution in [0.15, 0.2) is 37.0 Å². The van der Waals surface area contributed by atoms with Gasteiger partial charge in [0, 0.05) is 0 Å². The Kier molecular flexibility index (Phi) is 5.21. The van der Waals surface area contributed by atoms with Crippen LogP contribution >= 0.6 is 0 Å². The lowest BCUT2D eigenvalue weighted by atomic mass is 9.92. The molecule has 8 nitrogen and oxygen atoms in total. The fourth-order valence-corrected chi connectivity index (χ4v) is 2.23. The van der Waals surface area contributed by atoms with Crippen molar-refractivity contribution >= 4 is 23.4 Å². The molecule has 0 saturated carbocycles. The number of urea groups is 1. The van der Waals surface area contributed by atoms with Crippen LogP contribution in [0.2, 0.25) is 0 Å². The van der Waals surface area contributed by atoms with E-state index in [1.54, 1.807) is 0 Å². The van der Waals surface area contributed by atoms with Gasteiger partial charge in [0.25, 0.3) is 0 Å². The Morgan fingerprint density at radius 1 is 1.36 bits per heavy atom. The molecule has 2 aromatic rings. The predicted molar refractivity (Wildman–Crippen MR) is 94.0 cm³/mol. The molecular formula is C17H21N5O3. The van der Waals surface area contributed by atoms with Crippen LogP contribution < -0.4 is 10.6 Å². The second-order valence-electron chi connectivity index (χ2n) is 6.22. The molecule has 0 bridgehead atoms. The minimum absolute atomic E-state index is 0.172. The zero-order valence-electron chi connectivity index (χ0n) is 14.4. The van der Waals surface area contributed by atoms with E-state index in [1.165, 1.54) is 6.20 Å². The Hall–Kier alpha value is -3.16. The molecule has 0 atom stereocenters. The van der Waals surface area contributed by atoms with Gasteiger partial charge in [-0.1, -0.05) is 30.4 Å². The number of rotatable bonds is 6. The highest BCUT2D eigenvalue weighted by atomic mass is 16.4. The SMILES string of the molecule is C=C(C)c1cccc(C(C)(C)NC(=O)Nc2cnn(CC(=O)O)n2)c1. The Balaban J connectivity index is 2.05. The first-order valence-electron chi connectivity index (χ1n) is 7.65. The summed E-state index contributed by atoms with van der Waals surface area (Å²) in [6, 6.07) is 7.32. The fraction of sp³-hybridized carbons (Fsp3) is 0.294. The van der Waals surface area contributed by atoms with E-state index in [4.69, 9.17) is 5.11 Å². The third kappa shape index (κ3) is 4.90. The van der Waals surface area contributed by atoms with E-state index in [2.05, 4.69) is 27.4 Å². The normalized spacial score (nSPS) is 11.0. The lowest BCUT2D eigenvalue weighted by molar-refractivity contribution is -0.138. The first kappa shape index (κ1) is 18.2. The molecule has 0 aliphatic rings. The Bertz CT molecular complexity index is 810. The number of aromatic nitrogens is 3. The molecular weight excluding hydrogens is 322 g/mol. The summed E-state index contributed by atoms with van der Waals surface area (Å²) in [7, 11) is 0. The van der Waals surface area contributed by atoms with Crippen LogP contribution in [0.1, 0.15) is 31.9 Å². The van der Waals surface area contributed by atoms with Gasteiger partial charge < -0.3 is 10.4 Å². The van der Waals surface area contributed by atoms with E-state index in [0.717, 1.165) is 21.5 Å². The van der Waals surface area contributed by atoms with Gasteiger partial charge in [0.2, 0.25) is 0 Å². The van der Waals surface area contributed by atoms with Gasteiger partial charge >= 0.3 is 12.0 Å². The lowest BCUT2D eigenvalue weighted by Crippen LogP contribution is -2.43. The third-order valence-corrected chi connectivity index (χ3v) is 3.56. The van der Waals surface area contributed by atoms with Crippen molar-refractivity contribution in [2.45, 2.75) is 32.9 Å². The monoisotopic (exact) mass is 343 g/mol. The number of amides is 2. The van der Waals surface area contributed by atoms with Crippen LogP contribution in [0.5, 0.6) is 0 Å². The van der Waals surface area contributed by atoms with Gasteiger partial charge in [-0.15, -0.1) is 5.10 Å². The number of carboxylic acids is 1. The first-order valence-corrected chi connectivity index (χ1v) is 7.65. The van der Waals surface area contributed by atoms with E-state index < -0.39 is 17.5 Å². The summed E-state index contributed by atoms with van der Waals surface area (Å²) in [5, 5.41) is 21.7. The van der Waals surface area contributed by atoms with E-state index in [9.17, 15) is 9.59 Å². The quantitative estimate of drug-likeness (QED) is 0.746. The highest BCUT2D eigenvalue weighted by Gasteiger charge is 2.23. The summed E-state index contributed by atoms with van der Waals surface area (Å²) in [6.45, 7) is 9.24. The molecule has 2 rings (SSSR count). The van der Waals surface area contributed by atoms with Crippen molar-refractivity contribution in [3.8, 4) is 0 Å². The van der Waals surface area contributed by atoms with Crippen LogP contribution in [0, 0.1) is 0 Å². The summed E-state index contributed by atoms with van der Waals surface area (Å²) in [4.78, 5) is 23.8. The third-order valence-electron chi connectivity index (χ3n) is 3.56. The van der Waals surface area contributed by atoms with Crippen molar-refractivity contribution in [1.29, 1.82) is 0 Å². The molecule has 1 aromatic heterocycles. The van der Waals surface area contributed by atoms with Crippen LogP contribution in [0.25, 0.3) is 5.57 Å². The van der Waals surface area contributed by atoms with Gasteiger partial charge in [0.05, 0.1) is 11.7 Å². The summed E-state index contributed by atoms with van der Waals surface area (Å²) >= 11 is 0. The van der Waals surface area contributed by atoms with Gasteiger partial charge in [-0.2, -0.15) is 9.90 Å². The molecule has 0 aliphatic carbocycles. The number of hydrogen-bond acceptors (Lipinski definition) is 4. The van der Waals surface area contributed by atoms with E-state index in [1.807, 2.05) is 45.0 Å². The van der Waals surface area contributed by atoms with Gasteiger partial charge in [-0.3, -0.25) is 10.1 Å². The number of nitrogens with one attached hydrogen (secondary N) is 2. The average molecular weight is 343 g/mol. The molecule has 8 heteroatoms. The number of anilines is 1. The van der Waals surface area contributed by atoms with Crippen molar-refractivity contribution in [3.05, 3.63) is 48.2 Å². The number of hydrogen-bond donors (Lipinski definition) is 3. The summed E-state index contributed by atoms with van der Waals surface area (Å²) in [6.07, 6.45) is 1.29. The summed E-state index contributed by atoms with van der Waals surface area (Å²) in [5.74, 6) is -0.893. The van der Waals surface area contributed by atoms with Crippen LogP contribution in [0.3, 0.4) is 0 Å². The van der Waals surface area contributed by atoms with Crippen molar-refractivity contribution < 1.29 is 14.7 Å². The second-order valence-corrected chi connectivity index (χ2v) is 6.22. The highest BCUT2D eigenvalue weighted by molar-refractivity contribution is 5.88. The van der Waals surface area contributed by atoms with Gasteiger partial charge in [0.15, 0.2) is 12.4 Å². The van der Waals surface area contributed by atoms with Gasteiger partial charge in [-0.05, 0) is 38.0 Å². The maximum absolute atomic E-state index is 12.2. The van der Waals surface area contributed by atoms with Crippen LogP contribution in [-0.4, -0.2) is 32.1 Å². The zero-order chi connectivity index (χ0) is 18.6. The fourth-order valence-electron chi connectivity index (χ4n) is 2.23. The second kappa shape index (κ2) is 7.16. The maximum Gasteiger partial charge on any atom is 0.327 e. The summed E-state index contributed by atoms with van der Waals surface area (Å²) in [5.41, 5.74) is 2.24. The molecule has 132 valence electrons. The van der Waals surface area contributed by atoms with Gasteiger partial charge in [-0.25, -0.2) is 4.79 Å². The number of carbonyl (C=O) groups excluding carboxylic acids is 1. The number of aliphatic carboxylic acids is 1. The van der Waals surface area contributed by atoms with Crippen molar-refractivity contribution in [2.24, 2.45) is 0 Å². The number of benzene rings is 1. The Labute approximate surface area is 145 Å².